The number of likely N-dealkylation sites (N-methyl/N-ethyl adjacent to an activating group) is 1. The van der Waals surface area contributed by atoms with Crippen LogP contribution in [0.5, 0.6) is 0 Å². The molecule has 4 rings (SSSR count). The molecule has 2 amide bonds. The van der Waals surface area contributed by atoms with Crippen LogP contribution in [0.4, 0.5) is 0 Å². The topological polar surface area (TPSA) is 101 Å². The zero-order valence-corrected chi connectivity index (χ0v) is 16.3. The first kappa shape index (κ1) is 19.0. The summed E-state index contributed by atoms with van der Waals surface area (Å²) in [5.74, 6) is 4.46. The molecular formula is C21H17ClN4O3. The number of aliphatic hydroxyl groups is 1. The van der Waals surface area contributed by atoms with Crippen LogP contribution < -0.4 is 5.73 Å². The maximum atomic E-state index is 12.1. The van der Waals surface area contributed by atoms with E-state index in [0.717, 1.165) is 0 Å². The van der Waals surface area contributed by atoms with Gasteiger partial charge in [-0.3, -0.25) is 9.59 Å². The van der Waals surface area contributed by atoms with Gasteiger partial charge in [-0.05, 0) is 24.3 Å². The molecule has 0 saturated carbocycles. The zero-order chi connectivity index (χ0) is 20.8. The van der Waals surface area contributed by atoms with E-state index in [1.54, 1.807) is 42.1 Å². The molecule has 1 aromatic heterocycles. The summed E-state index contributed by atoms with van der Waals surface area (Å²) in [5.41, 5.74) is 5.68. The molecule has 0 bridgehead atoms. The number of primary amides is 1. The van der Waals surface area contributed by atoms with Crippen LogP contribution in [0.15, 0.2) is 42.5 Å². The molecule has 1 saturated heterocycles. The average molecular weight is 409 g/mol. The van der Waals surface area contributed by atoms with Crippen molar-refractivity contribution in [3.8, 4) is 17.5 Å². The summed E-state index contributed by atoms with van der Waals surface area (Å²) in [5, 5.41) is 15.8. The Hall–Kier alpha value is -3.34. The number of halogens is 1. The lowest BCUT2D eigenvalue weighted by atomic mass is 10.0. The van der Waals surface area contributed by atoms with Gasteiger partial charge < -0.3 is 15.7 Å². The van der Waals surface area contributed by atoms with Gasteiger partial charge in [-0.1, -0.05) is 41.6 Å². The number of hydrogen-bond acceptors (Lipinski definition) is 4. The fraction of sp³-hybridized carbons (Fsp3) is 0.190. The molecule has 7 nitrogen and oxygen atoms in total. The number of nitrogens with two attached hydrogens (primary N) is 1. The number of carbonyl (C=O) groups excluding carboxylic acids is 2. The standard InChI is InChI=1S/C21H17ClN4O3/c1-25-9-8-21(29,20(25)28)7-6-13-10-14(22)12-15(11-13)26-17-5-3-2-4-16(17)18(24-26)19(23)27/h2-5,10-12,29H,8-9H2,1H3,(H2,23,27)/t21-/m0/s1. The van der Waals surface area contributed by atoms with Gasteiger partial charge in [-0.15, -0.1) is 0 Å². The van der Waals surface area contributed by atoms with E-state index in [4.69, 9.17) is 17.3 Å². The first-order valence-corrected chi connectivity index (χ1v) is 9.26. The smallest absolute Gasteiger partial charge is 0.269 e. The average Bonchev–Trinajstić information content (AvgIpc) is 3.20. The normalized spacial score (nSPS) is 18.7. The van der Waals surface area contributed by atoms with Gasteiger partial charge in [0.15, 0.2) is 5.69 Å². The van der Waals surface area contributed by atoms with Gasteiger partial charge in [-0.25, -0.2) is 4.68 Å². The highest BCUT2D eigenvalue weighted by atomic mass is 35.5. The number of likely N-dealkylation sites (tertiary alicyclic amines) is 1. The number of carbonyl (C=O) groups is 2. The number of benzene rings is 2. The van der Waals surface area contributed by atoms with Crippen molar-refractivity contribution in [2.45, 2.75) is 12.0 Å². The number of rotatable bonds is 2. The van der Waals surface area contributed by atoms with Crippen LogP contribution in [-0.4, -0.2) is 50.8 Å². The third-order valence-electron chi connectivity index (χ3n) is 4.87. The van der Waals surface area contributed by atoms with Crippen LogP contribution in [0.3, 0.4) is 0 Å². The lowest BCUT2D eigenvalue weighted by molar-refractivity contribution is -0.137. The molecule has 146 valence electrons. The summed E-state index contributed by atoms with van der Waals surface area (Å²) in [7, 11) is 1.62. The molecule has 2 aromatic carbocycles. The van der Waals surface area contributed by atoms with Crippen LogP contribution in [0.25, 0.3) is 16.6 Å². The third-order valence-corrected chi connectivity index (χ3v) is 5.09. The Labute approximate surface area is 171 Å². The third kappa shape index (κ3) is 3.33. The molecule has 1 aliphatic rings. The van der Waals surface area contributed by atoms with Crippen molar-refractivity contribution in [1.29, 1.82) is 0 Å². The summed E-state index contributed by atoms with van der Waals surface area (Å²) in [6.07, 6.45) is 0.245. The van der Waals surface area contributed by atoms with Gasteiger partial charge in [0.05, 0.1) is 11.2 Å². The molecule has 29 heavy (non-hydrogen) atoms. The van der Waals surface area contributed by atoms with Gasteiger partial charge in [0.1, 0.15) is 0 Å². The molecule has 0 radical (unpaired) electrons. The van der Waals surface area contributed by atoms with E-state index in [9.17, 15) is 14.7 Å². The molecule has 3 N–H and O–H groups in total. The van der Waals surface area contributed by atoms with Gasteiger partial charge in [0.25, 0.3) is 11.8 Å². The van der Waals surface area contributed by atoms with Crippen LogP contribution in [-0.2, 0) is 4.79 Å². The van der Waals surface area contributed by atoms with E-state index in [2.05, 4.69) is 16.9 Å². The van der Waals surface area contributed by atoms with Crippen LogP contribution in [0.1, 0.15) is 22.5 Å². The van der Waals surface area contributed by atoms with Crippen molar-refractivity contribution in [2.24, 2.45) is 5.73 Å². The maximum absolute atomic E-state index is 12.1. The van der Waals surface area contributed by atoms with E-state index >= 15 is 0 Å². The number of hydrogen-bond donors (Lipinski definition) is 2. The molecular weight excluding hydrogens is 392 g/mol. The van der Waals surface area contributed by atoms with E-state index in [0.29, 0.717) is 33.7 Å². The summed E-state index contributed by atoms with van der Waals surface area (Å²) in [4.78, 5) is 25.3. The van der Waals surface area contributed by atoms with Crippen LogP contribution in [0, 0.1) is 11.8 Å². The van der Waals surface area contributed by atoms with Gasteiger partial charge in [0, 0.05) is 36.0 Å². The quantitative estimate of drug-likeness (QED) is 0.630. The van der Waals surface area contributed by atoms with Gasteiger partial charge >= 0.3 is 0 Å². The van der Waals surface area contributed by atoms with E-state index in [1.165, 1.54) is 4.90 Å². The molecule has 8 heteroatoms. The Morgan fingerprint density at radius 2 is 2.07 bits per heavy atom. The fourth-order valence-corrected chi connectivity index (χ4v) is 3.59. The molecule has 1 aliphatic heterocycles. The monoisotopic (exact) mass is 408 g/mol. The van der Waals surface area contributed by atoms with Crippen molar-refractivity contribution in [3.05, 3.63) is 58.7 Å². The largest absolute Gasteiger partial charge is 0.369 e. The Kier molecular flexibility index (Phi) is 4.53. The number of aromatic nitrogens is 2. The van der Waals surface area contributed by atoms with Crippen molar-refractivity contribution >= 4 is 34.3 Å². The molecule has 0 aliphatic carbocycles. The minimum Gasteiger partial charge on any atom is -0.369 e. The Balaban J connectivity index is 1.80. The lowest BCUT2D eigenvalue weighted by Crippen LogP contribution is -2.37. The predicted molar refractivity (Wildman–Crippen MR) is 109 cm³/mol. The second-order valence-electron chi connectivity index (χ2n) is 6.93. The Morgan fingerprint density at radius 1 is 1.31 bits per heavy atom. The highest BCUT2D eigenvalue weighted by Gasteiger charge is 2.42. The summed E-state index contributed by atoms with van der Waals surface area (Å²) in [6, 6.07) is 12.2. The van der Waals surface area contributed by atoms with Crippen molar-refractivity contribution in [2.75, 3.05) is 13.6 Å². The van der Waals surface area contributed by atoms with E-state index in [1.807, 2.05) is 12.1 Å². The highest BCUT2D eigenvalue weighted by Crippen LogP contribution is 2.25. The summed E-state index contributed by atoms with van der Waals surface area (Å²) >= 11 is 6.26. The summed E-state index contributed by atoms with van der Waals surface area (Å²) in [6.45, 7) is 0.444. The first-order valence-electron chi connectivity index (χ1n) is 8.88. The molecule has 0 unspecified atom stereocenters. The Morgan fingerprint density at radius 3 is 2.76 bits per heavy atom. The van der Waals surface area contributed by atoms with Crippen molar-refractivity contribution in [1.82, 2.24) is 14.7 Å². The Bertz CT molecular complexity index is 1220. The maximum Gasteiger partial charge on any atom is 0.269 e. The van der Waals surface area contributed by atoms with Crippen LogP contribution in [0.2, 0.25) is 5.02 Å². The van der Waals surface area contributed by atoms with Crippen LogP contribution >= 0.6 is 11.6 Å². The second-order valence-corrected chi connectivity index (χ2v) is 7.36. The molecule has 3 aromatic rings. The fourth-order valence-electron chi connectivity index (χ4n) is 3.36. The minimum atomic E-state index is -1.70. The zero-order valence-electron chi connectivity index (χ0n) is 15.5. The first-order chi connectivity index (χ1) is 13.8. The number of amides is 2. The number of fused-ring (bicyclic) bond motifs is 1. The highest BCUT2D eigenvalue weighted by molar-refractivity contribution is 6.30. The van der Waals surface area contributed by atoms with Gasteiger partial charge in [-0.2, -0.15) is 5.10 Å². The second kappa shape index (κ2) is 6.92. The molecule has 1 atom stereocenters. The van der Waals surface area contributed by atoms with E-state index in [-0.39, 0.29) is 12.1 Å². The number of nitrogens with zero attached hydrogens (tertiary/aromatic N) is 3. The van der Waals surface area contributed by atoms with Gasteiger partial charge in [0.2, 0.25) is 5.60 Å². The van der Waals surface area contributed by atoms with Crippen molar-refractivity contribution < 1.29 is 14.7 Å². The van der Waals surface area contributed by atoms with Crippen molar-refractivity contribution in [3.63, 3.8) is 0 Å². The predicted octanol–water partition coefficient (Wildman–Crippen LogP) is 1.72. The lowest BCUT2D eigenvalue weighted by Gasteiger charge is -2.13. The van der Waals surface area contributed by atoms with E-state index < -0.39 is 17.4 Å². The summed E-state index contributed by atoms with van der Waals surface area (Å²) < 4.78 is 1.57. The molecule has 2 heterocycles. The number of para-hydroxylation sites is 1. The SMILES string of the molecule is CN1CC[C@@](O)(C#Cc2cc(Cl)cc(-n3nc(C(N)=O)c4ccccc43)c2)C1=O. The molecule has 0 spiro atoms. The molecule has 1 fully saturated rings. The minimum absolute atomic E-state index is 0.155.